The fourth-order valence-corrected chi connectivity index (χ4v) is 4.45. The van der Waals surface area contributed by atoms with Crippen LogP contribution in [0.25, 0.3) is 0 Å². The van der Waals surface area contributed by atoms with E-state index in [-0.39, 0.29) is 30.8 Å². The predicted octanol–water partition coefficient (Wildman–Crippen LogP) is 2.12. The normalized spacial score (nSPS) is 15.1. The molecule has 0 saturated carbocycles. The number of anilines is 1. The Morgan fingerprint density at radius 1 is 1.10 bits per heavy atom. The highest BCUT2D eigenvalue weighted by Gasteiger charge is 2.16. The van der Waals surface area contributed by atoms with Crippen molar-refractivity contribution in [2.45, 2.75) is 45.3 Å². The third-order valence-corrected chi connectivity index (χ3v) is 6.02. The van der Waals surface area contributed by atoms with Crippen molar-refractivity contribution in [1.29, 1.82) is 0 Å². The summed E-state index contributed by atoms with van der Waals surface area (Å²) in [5.74, 6) is -0.427. The van der Waals surface area contributed by atoms with Gasteiger partial charge in [0.1, 0.15) is 13.2 Å². The van der Waals surface area contributed by atoms with Gasteiger partial charge in [-0.3, -0.25) is 9.59 Å². The van der Waals surface area contributed by atoms with Gasteiger partial charge in [-0.15, -0.1) is 0 Å². The number of amides is 2. The van der Waals surface area contributed by atoms with E-state index in [4.69, 9.17) is 4.74 Å². The summed E-state index contributed by atoms with van der Waals surface area (Å²) in [6, 6.07) is 6.68. The number of nitrogens with zero attached hydrogens (tertiary/aromatic N) is 1. The zero-order valence-electron chi connectivity index (χ0n) is 17.9. The van der Waals surface area contributed by atoms with E-state index in [1.807, 2.05) is 13.8 Å². The SMILES string of the molecule is CC(C)CNS(=O)(=O)Cc1cccc(NC(=O)COCC(=O)N2CCCCCC2)c1. The first-order valence-corrected chi connectivity index (χ1v) is 12.1. The molecule has 30 heavy (non-hydrogen) atoms. The fourth-order valence-electron chi connectivity index (χ4n) is 3.14. The number of hydrogen-bond donors (Lipinski definition) is 2. The van der Waals surface area contributed by atoms with E-state index in [1.54, 1.807) is 29.2 Å². The minimum Gasteiger partial charge on any atom is -0.362 e. The molecule has 168 valence electrons. The van der Waals surface area contributed by atoms with Crippen LogP contribution in [0.15, 0.2) is 24.3 Å². The lowest BCUT2D eigenvalue weighted by atomic mass is 10.2. The molecule has 0 unspecified atom stereocenters. The Labute approximate surface area is 179 Å². The van der Waals surface area contributed by atoms with Crippen LogP contribution < -0.4 is 10.0 Å². The minimum absolute atomic E-state index is 0.0919. The molecular weight excluding hydrogens is 406 g/mol. The molecule has 1 saturated heterocycles. The Morgan fingerprint density at radius 3 is 2.47 bits per heavy atom. The molecule has 0 aromatic heterocycles. The molecule has 1 aromatic rings. The van der Waals surface area contributed by atoms with Crippen LogP contribution in [0.1, 0.15) is 45.1 Å². The summed E-state index contributed by atoms with van der Waals surface area (Å²) >= 11 is 0. The van der Waals surface area contributed by atoms with Gasteiger partial charge in [0.15, 0.2) is 0 Å². The number of rotatable bonds is 10. The molecule has 1 aliphatic rings. The molecule has 1 aliphatic heterocycles. The number of benzene rings is 1. The lowest BCUT2D eigenvalue weighted by Crippen LogP contribution is -2.35. The molecule has 0 spiro atoms. The first kappa shape index (κ1) is 24.3. The number of ether oxygens (including phenoxy) is 1. The van der Waals surface area contributed by atoms with Crippen LogP contribution in [0.3, 0.4) is 0 Å². The summed E-state index contributed by atoms with van der Waals surface area (Å²) in [6.45, 7) is 5.38. The number of nitrogens with one attached hydrogen (secondary N) is 2. The Hall–Kier alpha value is -1.97. The molecule has 1 fully saturated rings. The van der Waals surface area contributed by atoms with Gasteiger partial charge in [0.25, 0.3) is 0 Å². The van der Waals surface area contributed by atoms with Crippen molar-refractivity contribution >= 4 is 27.5 Å². The van der Waals surface area contributed by atoms with Crippen molar-refractivity contribution in [1.82, 2.24) is 9.62 Å². The van der Waals surface area contributed by atoms with E-state index in [0.29, 0.717) is 17.8 Å². The van der Waals surface area contributed by atoms with Gasteiger partial charge in [0, 0.05) is 25.3 Å². The summed E-state index contributed by atoms with van der Waals surface area (Å²) < 4.78 is 32.1. The van der Waals surface area contributed by atoms with E-state index >= 15 is 0 Å². The lowest BCUT2D eigenvalue weighted by Gasteiger charge is -2.20. The summed E-state index contributed by atoms with van der Waals surface area (Å²) in [7, 11) is -3.44. The van der Waals surface area contributed by atoms with Crippen LogP contribution >= 0.6 is 0 Å². The Morgan fingerprint density at radius 2 is 1.80 bits per heavy atom. The summed E-state index contributed by atoms with van der Waals surface area (Å²) in [4.78, 5) is 26.1. The van der Waals surface area contributed by atoms with Gasteiger partial charge in [-0.05, 0) is 36.5 Å². The van der Waals surface area contributed by atoms with E-state index in [9.17, 15) is 18.0 Å². The van der Waals surface area contributed by atoms with E-state index in [1.165, 1.54) is 0 Å². The number of carbonyl (C=O) groups is 2. The molecule has 2 rings (SSSR count). The fraction of sp³-hybridized carbons (Fsp3) is 0.619. The molecule has 1 aromatic carbocycles. The molecule has 2 amide bonds. The van der Waals surface area contributed by atoms with Gasteiger partial charge >= 0.3 is 0 Å². The molecule has 1 heterocycles. The molecule has 0 aliphatic carbocycles. The van der Waals surface area contributed by atoms with Crippen molar-refractivity contribution in [2.24, 2.45) is 5.92 Å². The molecule has 2 N–H and O–H groups in total. The molecule has 0 bridgehead atoms. The van der Waals surface area contributed by atoms with Gasteiger partial charge in [0.2, 0.25) is 21.8 Å². The second kappa shape index (κ2) is 12.0. The topological polar surface area (TPSA) is 105 Å². The third-order valence-electron chi connectivity index (χ3n) is 4.70. The van der Waals surface area contributed by atoms with Crippen LogP contribution in [0.5, 0.6) is 0 Å². The van der Waals surface area contributed by atoms with Gasteiger partial charge in [-0.2, -0.15) is 0 Å². The van der Waals surface area contributed by atoms with Gasteiger partial charge in [0.05, 0.1) is 5.75 Å². The maximum Gasteiger partial charge on any atom is 0.250 e. The molecule has 0 radical (unpaired) electrons. The quantitative estimate of drug-likeness (QED) is 0.581. The maximum absolute atomic E-state index is 12.2. The first-order chi connectivity index (χ1) is 14.2. The van der Waals surface area contributed by atoms with Gasteiger partial charge < -0.3 is 15.0 Å². The number of carbonyl (C=O) groups excluding carboxylic acids is 2. The van der Waals surface area contributed by atoms with Crippen molar-refractivity contribution < 1.29 is 22.7 Å². The molecular formula is C21H33N3O5S. The zero-order chi connectivity index (χ0) is 22.0. The van der Waals surface area contributed by atoms with E-state index < -0.39 is 15.9 Å². The third kappa shape index (κ3) is 9.23. The monoisotopic (exact) mass is 439 g/mol. The van der Waals surface area contributed by atoms with Gasteiger partial charge in [-0.25, -0.2) is 13.1 Å². The highest BCUT2D eigenvalue weighted by molar-refractivity contribution is 7.88. The van der Waals surface area contributed by atoms with Crippen molar-refractivity contribution in [3.63, 3.8) is 0 Å². The predicted molar refractivity (Wildman–Crippen MR) is 116 cm³/mol. The average Bonchev–Trinajstić information content (AvgIpc) is 2.96. The van der Waals surface area contributed by atoms with Crippen LogP contribution in [0.4, 0.5) is 5.69 Å². The van der Waals surface area contributed by atoms with Crippen LogP contribution in [0.2, 0.25) is 0 Å². The van der Waals surface area contributed by atoms with Crippen LogP contribution in [-0.4, -0.2) is 58.0 Å². The first-order valence-electron chi connectivity index (χ1n) is 10.5. The second-order valence-corrected chi connectivity index (χ2v) is 9.84. The Balaban J connectivity index is 1.78. The summed E-state index contributed by atoms with van der Waals surface area (Å²) in [5, 5.41) is 2.68. The molecule has 9 heteroatoms. The summed E-state index contributed by atoms with van der Waals surface area (Å²) in [6.07, 6.45) is 4.29. The Kier molecular flexibility index (Phi) is 9.74. The summed E-state index contributed by atoms with van der Waals surface area (Å²) in [5.41, 5.74) is 1.06. The Bertz CT molecular complexity index is 803. The minimum atomic E-state index is -3.44. The van der Waals surface area contributed by atoms with Crippen molar-refractivity contribution in [2.75, 3.05) is 38.2 Å². The highest BCUT2D eigenvalue weighted by atomic mass is 32.2. The van der Waals surface area contributed by atoms with Crippen molar-refractivity contribution in [3.05, 3.63) is 29.8 Å². The largest absolute Gasteiger partial charge is 0.362 e. The number of hydrogen-bond acceptors (Lipinski definition) is 5. The lowest BCUT2D eigenvalue weighted by molar-refractivity contribution is -0.137. The number of likely N-dealkylation sites (tertiary alicyclic amines) is 1. The van der Waals surface area contributed by atoms with Crippen LogP contribution in [-0.2, 0) is 30.1 Å². The molecule has 8 nitrogen and oxygen atoms in total. The van der Waals surface area contributed by atoms with E-state index in [0.717, 1.165) is 38.8 Å². The van der Waals surface area contributed by atoms with Gasteiger partial charge in [-0.1, -0.05) is 38.8 Å². The standard InChI is InChI=1S/C21H33N3O5S/c1-17(2)13-22-30(27,28)16-18-8-7-9-19(12-18)23-20(25)14-29-15-21(26)24-10-5-3-4-6-11-24/h7-9,12,17,22H,3-6,10-11,13-16H2,1-2H3,(H,23,25). The average molecular weight is 440 g/mol. The second-order valence-electron chi connectivity index (χ2n) is 8.04. The van der Waals surface area contributed by atoms with Crippen molar-refractivity contribution in [3.8, 4) is 0 Å². The highest BCUT2D eigenvalue weighted by Crippen LogP contribution is 2.13. The smallest absolute Gasteiger partial charge is 0.250 e. The zero-order valence-corrected chi connectivity index (χ0v) is 18.7. The molecule has 0 atom stereocenters. The maximum atomic E-state index is 12.2. The number of sulfonamides is 1. The van der Waals surface area contributed by atoms with Crippen LogP contribution in [0, 0.1) is 5.92 Å². The van der Waals surface area contributed by atoms with E-state index in [2.05, 4.69) is 10.0 Å².